The van der Waals surface area contributed by atoms with Gasteiger partial charge in [0.25, 0.3) is 0 Å². The first-order valence-corrected chi connectivity index (χ1v) is 16.6. The number of anilines is 2. The summed E-state index contributed by atoms with van der Waals surface area (Å²) >= 11 is 1.21. The molecule has 2 aromatic carbocycles. The molecular formula is C35H44N4O8S. The predicted molar refractivity (Wildman–Crippen MR) is 186 cm³/mol. The molecule has 0 saturated heterocycles. The van der Waals surface area contributed by atoms with Crippen LogP contribution in [0.2, 0.25) is 0 Å². The fraction of sp³-hybridized carbons (Fsp3) is 0.457. The first-order chi connectivity index (χ1) is 22.9. The largest absolute Gasteiger partial charge is 0.493 e. The fourth-order valence-electron chi connectivity index (χ4n) is 5.90. The highest BCUT2D eigenvalue weighted by Crippen LogP contribution is 2.50. The van der Waals surface area contributed by atoms with E-state index in [1.807, 2.05) is 33.8 Å². The number of rotatable bonds is 12. The average Bonchev–Trinajstić information content (AvgIpc) is 3.35. The Labute approximate surface area is 284 Å². The molecule has 258 valence electrons. The molecule has 0 radical (unpaired) electrons. The topological polar surface area (TPSA) is 154 Å². The number of nitrogens with zero attached hydrogens (tertiary/aromatic N) is 1. The highest BCUT2D eigenvalue weighted by atomic mass is 32.1. The third kappa shape index (κ3) is 7.40. The van der Waals surface area contributed by atoms with Crippen LogP contribution in [0.4, 0.5) is 10.8 Å². The van der Waals surface area contributed by atoms with Gasteiger partial charge in [-0.3, -0.25) is 14.4 Å². The smallest absolute Gasteiger partial charge is 0.357 e. The third-order valence-electron chi connectivity index (χ3n) is 8.51. The molecule has 3 N–H and O–H groups in total. The van der Waals surface area contributed by atoms with Crippen molar-refractivity contribution in [3.8, 4) is 28.4 Å². The second-order valence-corrected chi connectivity index (χ2v) is 13.0. The maximum absolute atomic E-state index is 13.9. The molecule has 1 aliphatic carbocycles. The summed E-state index contributed by atoms with van der Waals surface area (Å²) in [4.78, 5) is 57.4. The fourth-order valence-corrected chi connectivity index (χ4v) is 6.86. The SMILES string of the molecule is CC[C@H](C)[C@H](Nc1ccc2c(cc1=O)[C@H](NC(C)=O)CCc1cc(OC)c(OC)c(OC)c1-2)C(=O)Nc1nc(C(=O)OC)c(C(C)C)s1. The van der Waals surface area contributed by atoms with Gasteiger partial charge < -0.3 is 34.9 Å². The van der Waals surface area contributed by atoms with Crippen LogP contribution < -0.4 is 35.6 Å². The van der Waals surface area contributed by atoms with Crippen LogP contribution in [0, 0.1) is 5.92 Å². The monoisotopic (exact) mass is 680 g/mol. The van der Waals surface area contributed by atoms with Crippen molar-refractivity contribution in [3.63, 3.8) is 0 Å². The summed E-state index contributed by atoms with van der Waals surface area (Å²) in [6.45, 7) is 9.16. The molecule has 13 heteroatoms. The number of thiazole rings is 1. The Bertz CT molecular complexity index is 1760. The number of nitrogens with one attached hydrogen (secondary N) is 3. The molecular weight excluding hydrogens is 636 g/mol. The first-order valence-electron chi connectivity index (χ1n) is 15.8. The highest BCUT2D eigenvalue weighted by Gasteiger charge is 2.31. The Balaban J connectivity index is 1.82. The number of methoxy groups -OCH3 is 4. The second kappa shape index (κ2) is 15.5. The number of esters is 1. The molecule has 12 nitrogen and oxygen atoms in total. The van der Waals surface area contributed by atoms with Crippen LogP contribution in [-0.2, 0) is 20.7 Å². The minimum atomic E-state index is -0.824. The van der Waals surface area contributed by atoms with E-state index >= 15 is 0 Å². The number of aromatic nitrogens is 1. The average molecular weight is 681 g/mol. The first kappa shape index (κ1) is 36.2. The zero-order chi connectivity index (χ0) is 35.3. The van der Waals surface area contributed by atoms with Gasteiger partial charge in [-0.25, -0.2) is 9.78 Å². The standard InChI is InChI=1S/C35H44N4O8S/c1-10-18(4)28(33(42)39-35-38-29(34(43)47-9)32(48-35)17(2)3)37-24-14-12-21-22(16-25(24)41)23(36-19(5)40)13-11-20-15-26(44-6)30(45-7)31(46-8)27(20)21/h12,14-18,23,28H,10-11,13H2,1-9H3,(H,36,40)(H,37,41)(H,38,39,42)/t18-,23+,28-/m0/s1. The maximum atomic E-state index is 13.9. The summed E-state index contributed by atoms with van der Waals surface area (Å²) in [5.41, 5.74) is 2.91. The quantitative estimate of drug-likeness (QED) is 0.203. The number of carbonyl (C=O) groups is 3. The van der Waals surface area contributed by atoms with Crippen LogP contribution in [0.1, 0.15) is 85.9 Å². The van der Waals surface area contributed by atoms with Gasteiger partial charge in [0.05, 0.1) is 40.2 Å². The van der Waals surface area contributed by atoms with Gasteiger partial charge in [-0.1, -0.05) is 40.2 Å². The van der Waals surface area contributed by atoms with Gasteiger partial charge in [0, 0.05) is 17.4 Å². The van der Waals surface area contributed by atoms with Crippen molar-refractivity contribution in [1.82, 2.24) is 10.3 Å². The van der Waals surface area contributed by atoms with E-state index in [-0.39, 0.29) is 39.7 Å². The summed E-state index contributed by atoms with van der Waals surface area (Å²) in [5.74, 6) is -0.0755. The van der Waals surface area contributed by atoms with E-state index in [0.29, 0.717) is 52.5 Å². The molecule has 1 heterocycles. The Morgan fingerprint density at radius 2 is 1.73 bits per heavy atom. The minimum absolute atomic E-state index is 0.0144. The van der Waals surface area contributed by atoms with Crippen molar-refractivity contribution in [2.75, 3.05) is 39.1 Å². The van der Waals surface area contributed by atoms with Crippen molar-refractivity contribution in [2.24, 2.45) is 5.92 Å². The number of benzene rings is 1. The van der Waals surface area contributed by atoms with Gasteiger partial charge in [0.1, 0.15) is 6.04 Å². The van der Waals surface area contributed by atoms with Crippen molar-refractivity contribution < 1.29 is 33.3 Å². The van der Waals surface area contributed by atoms with Crippen LogP contribution in [-0.4, -0.2) is 57.2 Å². The van der Waals surface area contributed by atoms with Crippen LogP contribution in [0.5, 0.6) is 17.2 Å². The van der Waals surface area contributed by atoms with Gasteiger partial charge in [0.15, 0.2) is 22.3 Å². The second-order valence-electron chi connectivity index (χ2n) is 12.0. The number of hydrogen-bond acceptors (Lipinski definition) is 11. The number of fused-ring (bicyclic) bond motifs is 3. The number of amides is 2. The van der Waals surface area contributed by atoms with E-state index < -0.39 is 24.0 Å². The van der Waals surface area contributed by atoms with Crippen LogP contribution >= 0.6 is 11.3 Å². The highest BCUT2D eigenvalue weighted by molar-refractivity contribution is 7.16. The molecule has 0 unspecified atom stereocenters. The summed E-state index contributed by atoms with van der Waals surface area (Å²) in [6.07, 6.45) is 1.72. The molecule has 0 fully saturated rings. The van der Waals surface area contributed by atoms with E-state index in [9.17, 15) is 19.2 Å². The normalized spacial score (nSPS) is 14.8. The molecule has 0 aliphatic heterocycles. The van der Waals surface area contributed by atoms with E-state index in [0.717, 1.165) is 11.1 Å². The van der Waals surface area contributed by atoms with Gasteiger partial charge in [-0.15, -0.1) is 11.3 Å². The Kier molecular flexibility index (Phi) is 11.7. The molecule has 1 aromatic heterocycles. The third-order valence-corrected chi connectivity index (χ3v) is 9.78. The molecule has 0 saturated carbocycles. The molecule has 3 aromatic rings. The van der Waals surface area contributed by atoms with E-state index in [1.54, 1.807) is 26.4 Å². The van der Waals surface area contributed by atoms with Crippen LogP contribution in [0.3, 0.4) is 0 Å². The number of ether oxygens (including phenoxy) is 4. The summed E-state index contributed by atoms with van der Waals surface area (Å²) < 4.78 is 22.0. The molecule has 48 heavy (non-hydrogen) atoms. The van der Waals surface area contributed by atoms with Gasteiger partial charge in [-0.05, 0) is 59.6 Å². The maximum Gasteiger partial charge on any atom is 0.357 e. The zero-order valence-corrected chi connectivity index (χ0v) is 29.7. The van der Waals surface area contributed by atoms with Crippen molar-refractivity contribution in [3.05, 3.63) is 56.2 Å². The van der Waals surface area contributed by atoms with E-state index in [4.69, 9.17) is 18.9 Å². The number of carbonyl (C=O) groups excluding carboxylic acids is 3. The number of hydrogen-bond donors (Lipinski definition) is 3. The van der Waals surface area contributed by atoms with Crippen molar-refractivity contribution >= 4 is 39.9 Å². The molecule has 0 bridgehead atoms. The Hall–Kier alpha value is -4.65. The van der Waals surface area contributed by atoms with E-state index in [1.165, 1.54) is 38.5 Å². The van der Waals surface area contributed by atoms with Crippen molar-refractivity contribution in [1.29, 1.82) is 0 Å². The summed E-state index contributed by atoms with van der Waals surface area (Å²) in [5, 5.41) is 9.32. The lowest BCUT2D eigenvalue weighted by atomic mass is 9.95. The predicted octanol–water partition coefficient (Wildman–Crippen LogP) is 5.69. The lowest BCUT2D eigenvalue weighted by molar-refractivity contribution is -0.120. The molecule has 2 amide bonds. The van der Waals surface area contributed by atoms with Crippen LogP contribution in [0.25, 0.3) is 11.1 Å². The summed E-state index contributed by atoms with van der Waals surface area (Å²) in [6, 6.07) is 5.55. The lowest BCUT2D eigenvalue weighted by Crippen LogP contribution is -2.40. The molecule has 0 spiro atoms. The Morgan fingerprint density at radius 3 is 2.31 bits per heavy atom. The van der Waals surface area contributed by atoms with Gasteiger partial charge in [0.2, 0.25) is 23.0 Å². The van der Waals surface area contributed by atoms with E-state index in [2.05, 4.69) is 20.9 Å². The summed E-state index contributed by atoms with van der Waals surface area (Å²) in [7, 11) is 5.90. The molecule has 1 aliphatic rings. The van der Waals surface area contributed by atoms with Crippen molar-refractivity contribution in [2.45, 2.75) is 71.9 Å². The molecule has 4 rings (SSSR count). The number of aryl methyl sites for hydroxylation is 1. The van der Waals surface area contributed by atoms with Gasteiger partial charge in [-0.2, -0.15) is 0 Å². The van der Waals surface area contributed by atoms with Crippen LogP contribution in [0.15, 0.2) is 29.1 Å². The molecule has 3 atom stereocenters. The minimum Gasteiger partial charge on any atom is -0.493 e. The van der Waals surface area contributed by atoms with Gasteiger partial charge >= 0.3 is 5.97 Å². The Morgan fingerprint density at radius 1 is 1.02 bits per heavy atom. The lowest BCUT2D eigenvalue weighted by Gasteiger charge is -2.23. The zero-order valence-electron chi connectivity index (χ0n) is 28.9.